The van der Waals surface area contributed by atoms with E-state index in [0.29, 0.717) is 30.8 Å². The molecule has 1 unspecified atom stereocenters. The second-order valence-corrected chi connectivity index (χ2v) is 6.57. The molecule has 1 fully saturated rings. The van der Waals surface area contributed by atoms with E-state index in [1.54, 1.807) is 4.57 Å². The number of ether oxygens (including phenoxy) is 1. The monoisotopic (exact) mass is 431 g/mol. The number of aromatic nitrogens is 1. The molecule has 1 aliphatic rings. The average Bonchev–Trinajstić information content (AvgIpc) is 3.15. The van der Waals surface area contributed by atoms with Gasteiger partial charge in [-0.3, -0.25) is 17.7 Å². The zero-order chi connectivity index (χ0) is 22.6. The van der Waals surface area contributed by atoms with Crippen LogP contribution in [0.15, 0.2) is 17.1 Å². The van der Waals surface area contributed by atoms with Crippen molar-refractivity contribution in [3.05, 3.63) is 33.9 Å². The molecular weight excluding hydrogens is 409 g/mol. The first-order chi connectivity index (χ1) is 14.2. The number of aromatic carboxylic acids is 1. The van der Waals surface area contributed by atoms with Crippen LogP contribution in [0, 0.1) is 5.82 Å². The van der Waals surface area contributed by atoms with Crippen LogP contribution in [0.3, 0.4) is 0 Å². The molecule has 2 heterocycles. The molecule has 1 aliphatic heterocycles. The molecule has 30 heavy (non-hydrogen) atoms. The number of likely N-dealkylation sites (N-methyl/N-ethyl adjacent to an activating group) is 1. The lowest BCUT2D eigenvalue weighted by Crippen LogP contribution is -2.30. The highest BCUT2D eigenvalue weighted by Gasteiger charge is 2.29. The number of rotatable bonds is 5. The van der Waals surface area contributed by atoms with Gasteiger partial charge in [-0.15, -0.1) is 0 Å². The number of carbonyl (C=O) groups is 1. The van der Waals surface area contributed by atoms with Crippen LogP contribution in [0.25, 0.3) is 10.9 Å². The molecule has 1 aromatic heterocycles. The van der Waals surface area contributed by atoms with Gasteiger partial charge in [0.15, 0.2) is 11.6 Å². The Morgan fingerprint density at radius 2 is 2.03 bits per heavy atom. The van der Waals surface area contributed by atoms with Crippen molar-refractivity contribution < 1.29 is 32.0 Å². The molecule has 3 rings (SSSR count). The molecule has 1 saturated heterocycles. The molecule has 1 aromatic carbocycles. The molecule has 0 radical (unpaired) electrons. The lowest BCUT2D eigenvalue weighted by Gasteiger charge is -2.24. The third-order valence-electron chi connectivity index (χ3n) is 4.93. The van der Waals surface area contributed by atoms with Crippen molar-refractivity contribution in [1.29, 1.82) is 0 Å². The van der Waals surface area contributed by atoms with Crippen LogP contribution < -0.4 is 20.4 Å². The SMILES string of the molecule is CCn1cc(C(=O)O)c(=O)c2cc(F)c(N3CCC(NC)C3)c(OC)c21.FB(F)F. The maximum atomic E-state index is 15.0. The Kier molecular flexibility index (Phi) is 7.71. The standard InChI is InChI=1S/C18H22FN3O4.BF3/c1-4-21-9-12(18(24)25)16(23)11-7-13(19)15(17(26-3)14(11)21)22-6-5-10(8-22)20-2;2-1(3)4/h7,9-10,20H,4-6,8H2,1-3H3,(H,24,25);. The Hall–Kier alpha value is -2.76. The Labute approximate surface area is 170 Å². The zero-order valence-corrected chi connectivity index (χ0v) is 16.7. The van der Waals surface area contributed by atoms with Crippen LogP contribution >= 0.6 is 0 Å². The van der Waals surface area contributed by atoms with Gasteiger partial charge in [-0.1, -0.05) is 0 Å². The fraction of sp³-hybridized carbons (Fsp3) is 0.444. The van der Waals surface area contributed by atoms with Gasteiger partial charge < -0.3 is 24.6 Å². The fourth-order valence-corrected chi connectivity index (χ4v) is 3.58. The van der Waals surface area contributed by atoms with Gasteiger partial charge in [0.1, 0.15) is 11.3 Å². The van der Waals surface area contributed by atoms with Gasteiger partial charge in [-0.2, -0.15) is 0 Å². The van der Waals surface area contributed by atoms with E-state index < -0.39 is 24.8 Å². The normalized spacial score (nSPS) is 15.7. The summed E-state index contributed by atoms with van der Waals surface area (Å²) in [6, 6.07) is 1.37. The van der Waals surface area contributed by atoms with Gasteiger partial charge in [0, 0.05) is 31.9 Å². The number of halogens is 4. The topological polar surface area (TPSA) is 83.8 Å². The molecule has 2 aromatic rings. The minimum Gasteiger partial charge on any atom is -0.492 e. The summed E-state index contributed by atoms with van der Waals surface area (Å²) in [6.45, 7) is 3.52. The molecule has 0 bridgehead atoms. The highest BCUT2D eigenvalue weighted by atomic mass is 19.4. The predicted molar refractivity (Wildman–Crippen MR) is 106 cm³/mol. The summed E-state index contributed by atoms with van der Waals surface area (Å²) in [6.07, 6.45) is 2.16. The number of carboxylic acid groups (broad SMARTS) is 1. The number of benzene rings is 1. The predicted octanol–water partition coefficient (Wildman–Crippen LogP) is 2.55. The summed E-state index contributed by atoms with van der Waals surface area (Å²) in [5.41, 5.74) is -0.378. The fourth-order valence-electron chi connectivity index (χ4n) is 3.58. The van der Waals surface area contributed by atoms with E-state index >= 15 is 0 Å². The Bertz CT molecular complexity index is 984. The summed E-state index contributed by atoms with van der Waals surface area (Å²) >= 11 is 0. The highest BCUT2D eigenvalue weighted by molar-refractivity contribution is 6.33. The zero-order valence-electron chi connectivity index (χ0n) is 16.7. The van der Waals surface area contributed by atoms with Crippen LogP contribution in [-0.2, 0) is 6.54 Å². The quantitative estimate of drug-likeness (QED) is 0.560. The molecule has 164 valence electrons. The van der Waals surface area contributed by atoms with E-state index in [9.17, 15) is 32.0 Å². The molecule has 0 amide bonds. The van der Waals surface area contributed by atoms with E-state index in [1.165, 1.54) is 13.3 Å². The van der Waals surface area contributed by atoms with Gasteiger partial charge in [-0.25, -0.2) is 9.18 Å². The summed E-state index contributed by atoms with van der Waals surface area (Å²) in [4.78, 5) is 25.8. The lowest BCUT2D eigenvalue weighted by molar-refractivity contribution is 0.0694. The molecule has 0 spiro atoms. The second kappa shape index (κ2) is 9.83. The van der Waals surface area contributed by atoms with Crippen molar-refractivity contribution in [2.75, 3.05) is 32.1 Å². The van der Waals surface area contributed by atoms with E-state index in [2.05, 4.69) is 5.32 Å². The largest absolute Gasteiger partial charge is 0.762 e. The van der Waals surface area contributed by atoms with Crippen LogP contribution in [0.4, 0.5) is 23.0 Å². The first-order valence-corrected chi connectivity index (χ1v) is 9.17. The third-order valence-corrected chi connectivity index (χ3v) is 4.93. The van der Waals surface area contributed by atoms with Gasteiger partial charge in [-0.05, 0) is 26.5 Å². The second-order valence-electron chi connectivity index (χ2n) is 6.57. The van der Waals surface area contributed by atoms with Crippen molar-refractivity contribution in [2.24, 2.45) is 0 Å². The Morgan fingerprint density at radius 1 is 1.40 bits per heavy atom. The smallest absolute Gasteiger partial charge is 0.492 e. The number of fused-ring (bicyclic) bond motifs is 1. The number of hydrogen-bond donors (Lipinski definition) is 2. The Balaban J connectivity index is 0.000000735. The molecule has 0 aliphatic carbocycles. The third kappa shape index (κ3) is 4.69. The summed E-state index contributed by atoms with van der Waals surface area (Å²) in [5, 5.41) is 12.5. The maximum absolute atomic E-state index is 15.0. The molecule has 7 nitrogen and oxygen atoms in total. The first-order valence-electron chi connectivity index (χ1n) is 9.17. The Morgan fingerprint density at radius 3 is 2.50 bits per heavy atom. The van der Waals surface area contributed by atoms with Crippen molar-refractivity contribution >= 4 is 30.1 Å². The van der Waals surface area contributed by atoms with Crippen molar-refractivity contribution in [2.45, 2.75) is 25.9 Å². The molecule has 0 saturated carbocycles. The number of aryl methyl sites for hydroxylation is 1. The highest BCUT2D eigenvalue weighted by Crippen LogP contribution is 2.39. The van der Waals surface area contributed by atoms with E-state index in [4.69, 9.17) is 4.74 Å². The summed E-state index contributed by atoms with van der Waals surface area (Å²) in [7, 11) is -0.372. The number of hydrogen-bond acceptors (Lipinski definition) is 5. The van der Waals surface area contributed by atoms with E-state index in [0.717, 1.165) is 12.5 Å². The van der Waals surface area contributed by atoms with E-state index in [-0.39, 0.29) is 22.7 Å². The van der Waals surface area contributed by atoms with Crippen LogP contribution in [0.1, 0.15) is 23.7 Å². The molecule has 1 atom stereocenters. The summed E-state index contributed by atoms with van der Waals surface area (Å²) in [5.74, 6) is -1.67. The average molecular weight is 431 g/mol. The number of anilines is 1. The van der Waals surface area contributed by atoms with Crippen LogP contribution in [-0.4, -0.2) is 56.5 Å². The number of nitrogens with zero attached hydrogens (tertiary/aromatic N) is 2. The number of pyridine rings is 1. The molecule has 12 heteroatoms. The number of methoxy groups -OCH3 is 1. The van der Waals surface area contributed by atoms with Gasteiger partial charge in [0.05, 0.1) is 18.0 Å². The molecular formula is C18H22BF4N3O4. The van der Waals surface area contributed by atoms with Crippen LogP contribution in [0.2, 0.25) is 0 Å². The minimum atomic E-state index is -3.67. The maximum Gasteiger partial charge on any atom is 0.762 e. The first kappa shape index (κ1) is 23.5. The van der Waals surface area contributed by atoms with Crippen molar-refractivity contribution in [3.8, 4) is 5.75 Å². The minimum absolute atomic E-state index is 0.00853. The van der Waals surface area contributed by atoms with Crippen LogP contribution in [0.5, 0.6) is 5.75 Å². The molecule has 2 N–H and O–H groups in total. The number of nitrogens with one attached hydrogen (secondary N) is 1. The van der Waals surface area contributed by atoms with Gasteiger partial charge in [0.25, 0.3) is 0 Å². The summed E-state index contributed by atoms with van der Waals surface area (Å²) < 4.78 is 51.1. The van der Waals surface area contributed by atoms with Gasteiger partial charge >= 0.3 is 13.5 Å². The van der Waals surface area contributed by atoms with Crippen molar-refractivity contribution in [1.82, 2.24) is 9.88 Å². The van der Waals surface area contributed by atoms with Crippen molar-refractivity contribution in [3.63, 3.8) is 0 Å². The van der Waals surface area contributed by atoms with Gasteiger partial charge in [0.2, 0.25) is 5.43 Å². The lowest BCUT2D eigenvalue weighted by atomic mass is 10.1. The number of carboxylic acids is 1. The van der Waals surface area contributed by atoms with E-state index in [1.807, 2.05) is 18.9 Å².